The molecular weight excluding hydrogens is 320 g/mol. The van der Waals surface area contributed by atoms with Gasteiger partial charge in [0.2, 0.25) is 5.88 Å². The molecule has 0 aliphatic heterocycles. The van der Waals surface area contributed by atoms with E-state index in [0.717, 1.165) is 5.69 Å². The Bertz CT molecular complexity index is 888. The lowest BCUT2D eigenvalue weighted by Crippen LogP contribution is -2.13. The molecule has 0 atom stereocenters. The number of para-hydroxylation sites is 2. The summed E-state index contributed by atoms with van der Waals surface area (Å²) in [6.07, 6.45) is 3.08. The van der Waals surface area contributed by atoms with E-state index in [-0.39, 0.29) is 5.91 Å². The van der Waals surface area contributed by atoms with Crippen LogP contribution in [-0.4, -0.2) is 27.8 Å². The zero-order valence-electron chi connectivity index (χ0n) is 14.2. The Morgan fingerprint density at radius 2 is 1.88 bits per heavy atom. The van der Waals surface area contributed by atoms with Crippen molar-refractivity contribution in [3.05, 3.63) is 60.0 Å². The number of benzene rings is 1. The molecule has 0 saturated carbocycles. The summed E-state index contributed by atoms with van der Waals surface area (Å²) in [6, 6.07) is 10.7. The number of nitrogens with one attached hydrogen (secondary N) is 1. The van der Waals surface area contributed by atoms with Gasteiger partial charge in [-0.1, -0.05) is 12.1 Å². The smallest absolute Gasteiger partial charge is 0.259 e. The van der Waals surface area contributed by atoms with Crippen molar-refractivity contribution in [3.8, 4) is 17.4 Å². The van der Waals surface area contributed by atoms with Gasteiger partial charge in [-0.2, -0.15) is 5.10 Å². The van der Waals surface area contributed by atoms with E-state index in [1.807, 2.05) is 19.1 Å². The number of carbonyl (C=O) groups is 1. The third-order valence-electron chi connectivity index (χ3n) is 3.76. The number of hydrogen-bond donors (Lipinski definition) is 1. The molecule has 0 spiro atoms. The first-order valence-electron chi connectivity index (χ1n) is 7.65. The SMILES string of the molecule is COc1ccccc1Oc1ccc(NC(=O)c2cnn(C)c2C)cn1. The Labute approximate surface area is 145 Å². The summed E-state index contributed by atoms with van der Waals surface area (Å²) in [5.41, 5.74) is 1.89. The number of methoxy groups -OCH3 is 1. The fraction of sp³-hybridized carbons (Fsp3) is 0.167. The quantitative estimate of drug-likeness (QED) is 0.773. The highest BCUT2D eigenvalue weighted by molar-refractivity contribution is 6.04. The van der Waals surface area contributed by atoms with Crippen molar-refractivity contribution in [2.24, 2.45) is 7.05 Å². The van der Waals surface area contributed by atoms with E-state index in [0.29, 0.717) is 28.6 Å². The highest BCUT2D eigenvalue weighted by atomic mass is 16.5. The van der Waals surface area contributed by atoms with Gasteiger partial charge >= 0.3 is 0 Å². The molecule has 3 rings (SSSR count). The lowest BCUT2D eigenvalue weighted by Gasteiger charge is -2.10. The number of anilines is 1. The average molecular weight is 338 g/mol. The van der Waals surface area contributed by atoms with Crippen LogP contribution < -0.4 is 14.8 Å². The van der Waals surface area contributed by atoms with Crippen molar-refractivity contribution >= 4 is 11.6 Å². The molecular formula is C18H18N4O3. The van der Waals surface area contributed by atoms with Crippen LogP contribution in [0.15, 0.2) is 48.8 Å². The Hall–Kier alpha value is -3.35. The number of ether oxygens (including phenoxy) is 2. The van der Waals surface area contributed by atoms with E-state index in [9.17, 15) is 4.79 Å². The first-order valence-corrected chi connectivity index (χ1v) is 7.65. The predicted octanol–water partition coefficient (Wildman–Crippen LogP) is 3.18. The van der Waals surface area contributed by atoms with Crippen LogP contribution in [0.4, 0.5) is 5.69 Å². The standard InChI is InChI=1S/C18H18N4O3/c1-12-14(11-20-22(12)2)18(23)21-13-8-9-17(19-10-13)25-16-7-5-4-6-15(16)24-3/h4-11H,1-3H3,(H,21,23). The lowest BCUT2D eigenvalue weighted by atomic mass is 10.2. The highest BCUT2D eigenvalue weighted by Gasteiger charge is 2.13. The molecule has 1 amide bonds. The fourth-order valence-electron chi connectivity index (χ4n) is 2.25. The molecule has 3 aromatic rings. The molecule has 0 fully saturated rings. The van der Waals surface area contributed by atoms with E-state index in [2.05, 4.69) is 15.4 Å². The van der Waals surface area contributed by atoms with Gasteiger partial charge in [-0.3, -0.25) is 9.48 Å². The highest BCUT2D eigenvalue weighted by Crippen LogP contribution is 2.30. The molecule has 128 valence electrons. The van der Waals surface area contributed by atoms with Crippen molar-refractivity contribution in [2.45, 2.75) is 6.92 Å². The van der Waals surface area contributed by atoms with Crippen LogP contribution in [0.5, 0.6) is 17.4 Å². The van der Waals surface area contributed by atoms with Crippen LogP contribution in [0.1, 0.15) is 16.1 Å². The zero-order chi connectivity index (χ0) is 17.8. The van der Waals surface area contributed by atoms with Gasteiger partial charge in [0.15, 0.2) is 11.5 Å². The second-order valence-electron chi connectivity index (χ2n) is 5.36. The van der Waals surface area contributed by atoms with Gasteiger partial charge in [-0.25, -0.2) is 4.98 Å². The Kier molecular flexibility index (Phi) is 4.65. The number of carbonyl (C=O) groups excluding carboxylic acids is 1. The van der Waals surface area contributed by atoms with Gasteiger partial charge in [-0.05, 0) is 25.1 Å². The molecule has 1 aromatic carbocycles. The Balaban J connectivity index is 1.70. The second kappa shape index (κ2) is 7.04. The minimum Gasteiger partial charge on any atom is -0.493 e. The van der Waals surface area contributed by atoms with Crippen LogP contribution >= 0.6 is 0 Å². The Morgan fingerprint density at radius 3 is 2.48 bits per heavy atom. The van der Waals surface area contributed by atoms with Crippen molar-refractivity contribution in [1.29, 1.82) is 0 Å². The summed E-state index contributed by atoms with van der Waals surface area (Å²) in [7, 11) is 3.37. The lowest BCUT2D eigenvalue weighted by molar-refractivity contribution is 0.102. The summed E-state index contributed by atoms with van der Waals surface area (Å²) in [5, 5.41) is 6.86. The molecule has 0 radical (unpaired) electrons. The van der Waals surface area contributed by atoms with Gasteiger partial charge in [0.1, 0.15) is 0 Å². The molecule has 2 heterocycles. The number of aromatic nitrogens is 3. The van der Waals surface area contributed by atoms with E-state index in [1.54, 1.807) is 43.1 Å². The van der Waals surface area contributed by atoms with Crippen LogP contribution in [0.3, 0.4) is 0 Å². The van der Waals surface area contributed by atoms with E-state index < -0.39 is 0 Å². The number of pyridine rings is 1. The average Bonchev–Trinajstić information content (AvgIpc) is 2.96. The molecule has 0 bridgehead atoms. The van der Waals surface area contributed by atoms with Crippen molar-refractivity contribution in [1.82, 2.24) is 14.8 Å². The molecule has 0 aliphatic rings. The van der Waals surface area contributed by atoms with Gasteiger partial charge in [-0.15, -0.1) is 0 Å². The molecule has 2 aromatic heterocycles. The van der Waals surface area contributed by atoms with E-state index in [1.165, 1.54) is 12.4 Å². The summed E-state index contributed by atoms with van der Waals surface area (Å²) in [5.74, 6) is 1.36. The Morgan fingerprint density at radius 1 is 1.12 bits per heavy atom. The predicted molar refractivity (Wildman–Crippen MR) is 93.2 cm³/mol. The number of rotatable bonds is 5. The van der Waals surface area contributed by atoms with E-state index >= 15 is 0 Å². The minimum atomic E-state index is -0.231. The number of hydrogen-bond acceptors (Lipinski definition) is 5. The molecule has 7 heteroatoms. The summed E-state index contributed by atoms with van der Waals surface area (Å²) in [6.45, 7) is 1.84. The topological polar surface area (TPSA) is 78.3 Å². The molecule has 0 aliphatic carbocycles. The molecule has 25 heavy (non-hydrogen) atoms. The summed E-state index contributed by atoms with van der Waals surface area (Å²) >= 11 is 0. The zero-order valence-corrected chi connectivity index (χ0v) is 14.2. The monoisotopic (exact) mass is 338 g/mol. The molecule has 1 N–H and O–H groups in total. The van der Waals surface area contributed by atoms with Crippen LogP contribution in [0.25, 0.3) is 0 Å². The molecule has 0 unspecified atom stereocenters. The third-order valence-corrected chi connectivity index (χ3v) is 3.76. The first-order chi connectivity index (χ1) is 12.1. The number of nitrogens with zero attached hydrogens (tertiary/aromatic N) is 3. The number of amides is 1. The normalized spacial score (nSPS) is 10.4. The number of aryl methyl sites for hydroxylation is 1. The van der Waals surface area contributed by atoms with Crippen LogP contribution in [0, 0.1) is 6.92 Å². The summed E-state index contributed by atoms with van der Waals surface area (Å²) < 4.78 is 12.6. The van der Waals surface area contributed by atoms with Crippen molar-refractivity contribution in [3.63, 3.8) is 0 Å². The summed E-state index contributed by atoms with van der Waals surface area (Å²) in [4.78, 5) is 16.5. The van der Waals surface area contributed by atoms with Gasteiger partial charge in [0, 0.05) is 18.8 Å². The maximum absolute atomic E-state index is 12.3. The maximum atomic E-state index is 12.3. The largest absolute Gasteiger partial charge is 0.493 e. The maximum Gasteiger partial charge on any atom is 0.259 e. The second-order valence-corrected chi connectivity index (χ2v) is 5.36. The molecule has 7 nitrogen and oxygen atoms in total. The van der Waals surface area contributed by atoms with Gasteiger partial charge in [0.25, 0.3) is 5.91 Å². The van der Waals surface area contributed by atoms with Gasteiger partial charge in [0.05, 0.1) is 30.8 Å². The minimum absolute atomic E-state index is 0.231. The third kappa shape index (κ3) is 3.60. The van der Waals surface area contributed by atoms with Crippen LogP contribution in [0.2, 0.25) is 0 Å². The van der Waals surface area contributed by atoms with Crippen LogP contribution in [-0.2, 0) is 7.05 Å². The van der Waals surface area contributed by atoms with Crippen molar-refractivity contribution < 1.29 is 14.3 Å². The first kappa shape index (κ1) is 16.5. The van der Waals surface area contributed by atoms with E-state index in [4.69, 9.17) is 9.47 Å². The molecule has 0 saturated heterocycles. The fourth-order valence-corrected chi connectivity index (χ4v) is 2.25. The van der Waals surface area contributed by atoms with Crippen molar-refractivity contribution in [2.75, 3.05) is 12.4 Å². The van der Waals surface area contributed by atoms with Gasteiger partial charge < -0.3 is 14.8 Å².